The molecule has 0 bridgehead atoms. The molecule has 1 aliphatic carbocycles. The van der Waals surface area contributed by atoms with Crippen molar-refractivity contribution in [1.82, 2.24) is 4.90 Å². The molecule has 3 rings (SSSR count). The number of allylic oxidation sites excluding steroid dienone is 1. The van der Waals surface area contributed by atoms with Crippen LogP contribution in [0.15, 0.2) is 36.4 Å². The maximum atomic E-state index is 13.7. The molecule has 0 unspecified atom stereocenters. The molecule has 8 heteroatoms. The summed E-state index contributed by atoms with van der Waals surface area (Å²) in [6.45, 7) is 11.3. The van der Waals surface area contributed by atoms with E-state index in [1.54, 1.807) is 13.8 Å². The lowest BCUT2D eigenvalue weighted by Crippen LogP contribution is -2.49. The van der Waals surface area contributed by atoms with Crippen LogP contribution in [-0.4, -0.2) is 66.2 Å². The van der Waals surface area contributed by atoms with Crippen molar-refractivity contribution in [1.29, 1.82) is 0 Å². The summed E-state index contributed by atoms with van der Waals surface area (Å²) in [5.74, 6) is -2.99. The molecule has 0 spiro atoms. The molecular formula is C27H39N3O5. The Hall–Kier alpha value is -2.87. The molecule has 2 aliphatic rings. The zero-order valence-electron chi connectivity index (χ0n) is 21.4. The number of nitrogens with zero attached hydrogens (tertiary/aromatic N) is 2. The van der Waals surface area contributed by atoms with Crippen molar-refractivity contribution in [2.45, 2.75) is 53.1 Å². The number of amides is 2. The lowest BCUT2D eigenvalue weighted by atomic mass is 9.69. The Balaban J connectivity index is 1.92. The van der Waals surface area contributed by atoms with E-state index in [2.05, 4.69) is 24.1 Å². The van der Waals surface area contributed by atoms with E-state index in [1.807, 2.05) is 43.3 Å². The number of carbonyl (C=O) groups excluding carboxylic acids is 3. The molecule has 0 radical (unpaired) electrons. The van der Waals surface area contributed by atoms with E-state index in [4.69, 9.17) is 4.74 Å². The summed E-state index contributed by atoms with van der Waals surface area (Å²) in [5, 5.41) is 12.8. The number of aliphatic hydroxyl groups is 1. The average Bonchev–Trinajstić information content (AvgIpc) is 3.17. The van der Waals surface area contributed by atoms with Gasteiger partial charge in [-0.15, -0.1) is 0 Å². The first-order chi connectivity index (χ1) is 16.8. The minimum Gasteiger partial charge on any atom is -0.466 e. The summed E-state index contributed by atoms with van der Waals surface area (Å²) in [7, 11) is 0. The van der Waals surface area contributed by atoms with Crippen molar-refractivity contribution in [3.8, 4) is 0 Å². The fraction of sp³-hybridized carbons (Fsp3) is 0.593. The van der Waals surface area contributed by atoms with E-state index in [1.165, 1.54) is 4.90 Å². The van der Waals surface area contributed by atoms with Crippen molar-refractivity contribution in [3.05, 3.63) is 36.4 Å². The van der Waals surface area contributed by atoms with Crippen LogP contribution in [0.25, 0.3) is 0 Å². The zero-order valence-corrected chi connectivity index (χ0v) is 21.4. The molecule has 0 aromatic heterocycles. The number of esters is 1. The van der Waals surface area contributed by atoms with E-state index in [9.17, 15) is 19.5 Å². The molecule has 1 aromatic carbocycles. The van der Waals surface area contributed by atoms with E-state index < -0.39 is 35.8 Å². The van der Waals surface area contributed by atoms with Gasteiger partial charge in [-0.05, 0) is 64.3 Å². The highest BCUT2D eigenvalue weighted by atomic mass is 16.5. The summed E-state index contributed by atoms with van der Waals surface area (Å²) in [6, 6.07) is 6.23. The fourth-order valence-corrected chi connectivity index (χ4v) is 5.52. The SMILES string of the molecule is CCOC(=O)[C@H]1[C@@H]2C(=O)N([C@H](C)CO)[C@H](C(=O)Nc3ccc(N(CC)CC)cc3)[C@H]2C=C[C@H]1CC. The van der Waals surface area contributed by atoms with Gasteiger partial charge in [0.25, 0.3) is 0 Å². The van der Waals surface area contributed by atoms with Crippen LogP contribution >= 0.6 is 0 Å². The Morgan fingerprint density at radius 3 is 2.31 bits per heavy atom. The highest BCUT2D eigenvalue weighted by molar-refractivity contribution is 6.01. The standard InChI is InChI=1S/C27H39N3O5/c1-6-18-10-15-21-23(22(18)27(34)35-9-4)26(33)30(17(5)16-31)24(21)25(32)28-19-11-13-20(14-12-19)29(7-2)8-3/h10-15,17-18,21-24,31H,6-9,16H2,1-5H3,(H,28,32)/t17-,18-,21+,22-,23-,24+/m1/s1. The summed E-state index contributed by atoms with van der Waals surface area (Å²) < 4.78 is 5.33. The van der Waals surface area contributed by atoms with Crippen LogP contribution in [0.1, 0.15) is 41.0 Å². The topological polar surface area (TPSA) is 99.2 Å². The summed E-state index contributed by atoms with van der Waals surface area (Å²) in [4.78, 5) is 43.8. The molecule has 1 fully saturated rings. The number of ether oxygens (including phenoxy) is 1. The molecule has 6 atom stereocenters. The number of benzene rings is 1. The summed E-state index contributed by atoms with van der Waals surface area (Å²) >= 11 is 0. The molecule has 35 heavy (non-hydrogen) atoms. The highest BCUT2D eigenvalue weighted by Gasteiger charge is 2.58. The first-order valence-corrected chi connectivity index (χ1v) is 12.8. The third-order valence-corrected chi connectivity index (χ3v) is 7.35. The Morgan fingerprint density at radius 2 is 1.77 bits per heavy atom. The van der Waals surface area contributed by atoms with Crippen molar-refractivity contribution in [2.24, 2.45) is 23.7 Å². The van der Waals surface area contributed by atoms with Gasteiger partial charge in [0, 0.05) is 30.4 Å². The number of hydrogen-bond donors (Lipinski definition) is 2. The predicted octanol–water partition coefficient (Wildman–Crippen LogP) is 3.07. The van der Waals surface area contributed by atoms with Crippen LogP contribution in [0.2, 0.25) is 0 Å². The minimum atomic E-state index is -0.830. The first kappa shape index (κ1) is 26.7. The van der Waals surface area contributed by atoms with Crippen LogP contribution in [0, 0.1) is 23.7 Å². The zero-order chi connectivity index (χ0) is 25.7. The Kier molecular flexibility index (Phi) is 8.94. The number of nitrogens with one attached hydrogen (secondary N) is 1. The van der Waals surface area contributed by atoms with Crippen LogP contribution in [0.5, 0.6) is 0 Å². The Morgan fingerprint density at radius 1 is 1.11 bits per heavy atom. The number of likely N-dealkylation sites (tertiary alicyclic amines) is 1. The first-order valence-electron chi connectivity index (χ1n) is 12.8. The molecule has 0 saturated carbocycles. The van der Waals surface area contributed by atoms with E-state index in [0.717, 1.165) is 18.8 Å². The van der Waals surface area contributed by atoms with Gasteiger partial charge >= 0.3 is 5.97 Å². The van der Waals surface area contributed by atoms with Gasteiger partial charge in [0.1, 0.15) is 6.04 Å². The summed E-state index contributed by atoms with van der Waals surface area (Å²) in [5.41, 5.74) is 1.70. The quantitative estimate of drug-likeness (QED) is 0.390. The van der Waals surface area contributed by atoms with Crippen LogP contribution in [0.3, 0.4) is 0 Å². The molecule has 8 nitrogen and oxygen atoms in total. The van der Waals surface area contributed by atoms with Crippen LogP contribution in [-0.2, 0) is 19.1 Å². The van der Waals surface area contributed by atoms with Gasteiger partial charge in [0.2, 0.25) is 11.8 Å². The summed E-state index contributed by atoms with van der Waals surface area (Å²) in [6.07, 6.45) is 4.54. The lowest BCUT2D eigenvalue weighted by Gasteiger charge is -2.33. The van der Waals surface area contributed by atoms with Crippen molar-refractivity contribution in [2.75, 3.05) is 36.5 Å². The smallest absolute Gasteiger partial charge is 0.310 e. The van der Waals surface area contributed by atoms with Gasteiger partial charge in [-0.2, -0.15) is 0 Å². The van der Waals surface area contributed by atoms with Gasteiger partial charge in [-0.1, -0.05) is 19.1 Å². The number of aliphatic hydroxyl groups excluding tert-OH is 1. The van der Waals surface area contributed by atoms with Crippen LogP contribution in [0.4, 0.5) is 11.4 Å². The van der Waals surface area contributed by atoms with E-state index in [-0.39, 0.29) is 30.9 Å². The van der Waals surface area contributed by atoms with Gasteiger partial charge in [0.15, 0.2) is 0 Å². The molecule has 1 aromatic rings. The maximum absolute atomic E-state index is 13.7. The number of hydrogen-bond acceptors (Lipinski definition) is 6. The minimum absolute atomic E-state index is 0.139. The molecular weight excluding hydrogens is 446 g/mol. The largest absolute Gasteiger partial charge is 0.466 e. The predicted molar refractivity (Wildman–Crippen MR) is 136 cm³/mol. The normalized spacial score (nSPS) is 26.3. The molecule has 192 valence electrons. The van der Waals surface area contributed by atoms with E-state index in [0.29, 0.717) is 12.1 Å². The Bertz CT molecular complexity index is 927. The second kappa shape index (κ2) is 11.7. The molecule has 2 amide bonds. The highest BCUT2D eigenvalue weighted by Crippen LogP contribution is 2.46. The number of fused-ring (bicyclic) bond motifs is 1. The second-order valence-electron chi connectivity index (χ2n) is 9.27. The second-order valence-corrected chi connectivity index (χ2v) is 9.27. The number of rotatable bonds is 10. The number of anilines is 2. The Labute approximate surface area is 208 Å². The third-order valence-electron chi connectivity index (χ3n) is 7.35. The van der Waals surface area contributed by atoms with Crippen molar-refractivity contribution < 1.29 is 24.2 Å². The molecule has 1 heterocycles. The fourth-order valence-electron chi connectivity index (χ4n) is 5.52. The molecule has 1 aliphatic heterocycles. The monoisotopic (exact) mass is 485 g/mol. The van der Waals surface area contributed by atoms with Crippen LogP contribution < -0.4 is 10.2 Å². The van der Waals surface area contributed by atoms with Gasteiger partial charge in [0.05, 0.1) is 31.1 Å². The maximum Gasteiger partial charge on any atom is 0.310 e. The van der Waals surface area contributed by atoms with Crippen molar-refractivity contribution in [3.63, 3.8) is 0 Å². The van der Waals surface area contributed by atoms with Crippen molar-refractivity contribution >= 4 is 29.2 Å². The van der Waals surface area contributed by atoms with Gasteiger partial charge in [-0.25, -0.2) is 0 Å². The van der Waals surface area contributed by atoms with Gasteiger partial charge in [-0.3, -0.25) is 14.4 Å². The average molecular weight is 486 g/mol. The molecule has 1 saturated heterocycles. The third kappa shape index (κ3) is 5.22. The molecule has 2 N–H and O–H groups in total. The number of carbonyl (C=O) groups is 3. The lowest BCUT2D eigenvalue weighted by molar-refractivity contribution is -0.156. The van der Waals surface area contributed by atoms with E-state index >= 15 is 0 Å². The van der Waals surface area contributed by atoms with Gasteiger partial charge < -0.3 is 25.0 Å².